The summed E-state index contributed by atoms with van der Waals surface area (Å²) in [5.41, 5.74) is 1.95. The average molecular weight is 716 g/mol. The maximum absolute atomic E-state index is 17.8. The molecule has 0 aliphatic carbocycles. The Kier molecular flexibility index (Phi) is 9.05. The molecule has 258 valence electrons. The SMILES string of the molecule is C=CC(=O)N1CCN(c2c(S(C)(=O)=O)c(=O)n(-c3c(C)ccnc3C(C)C)c3c(F)c(-c4c(C)ccc5[nH]ncc45)c(Cl)cc23)C[C@@H]1CC#N. The third-order valence-electron chi connectivity index (χ3n) is 9.25. The average Bonchev–Trinajstić information content (AvgIpc) is 3.54. The summed E-state index contributed by atoms with van der Waals surface area (Å²) in [6, 6.07) is 8.23. The zero-order valence-electron chi connectivity index (χ0n) is 28.2. The number of amides is 1. The minimum atomic E-state index is -4.30. The fourth-order valence-electron chi connectivity index (χ4n) is 7.01. The predicted octanol–water partition coefficient (Wildman–Crippen LogP) is 5.98. The number of nitrogens with zero attached hydrogens (tertiary/aromatic N) is 6. The molecule has 1 aliphatic rings. The largest absolute Gasteiger partial charge is 0.366 e. The molecule has 0 radical (unpaired) electrons. The van der Waals surface area contributed by atoms with Gasteiger partial charge in [-0.25, -0.2) is 12.8 Å². The number of pyridine rings is 2. The minimum Gasteiger partial charge on any atom is -0.366 e. The van der Waals surface area contributed by atoms with Crippen LogP contribution in [0.2, 0.25) is 5.02 Å². The summed E-state index contributed by atoms with van der Waals surface area (Å²) in [5.74, 6) is -1.45. The number of carbonyl (C=O) groups is 1. The molecular formula is C36H35ClFN7O4S. The van der Waals surface area contributed by atoms with Crippen molar-refractivity contribution < 1.29 is 17.6 Å². The first kappa shape index (κ1) is 34.8. The molecule has 1 N–H and O–H groups in total. The third-order valence-corrected chi connectivity index (χ3v) is 10.7. The number of nitrogens with one attached hydrogen (secondary N) is 1. The van der Waals surface area contributed by atoms with E-state index in [1.807, 2.05) is 32.9 Å². The van der Waals surface area contributed by atoms with Crippen LogP contribution in [-0.2, 0) is 14.6 Å². The quantitative estimate of drug-likeness (QED) is 0.203. The van der Waals surface area contributed by atoms with Crippen LogP contribution in [0.4, 0.5) is 10.1 Å². The van der Waals surface area contributed by atoms with Gasteiger partial charge in [0, 0.05) is 54.0 Å². The predicted molar refractivity (Wildman–Crippen MR) is 192 cm³/mol. The lowest BCUT2D eigenvalue weighted by Crippen LogP contribution is -2.55. The molecule has 0 spiro atoms. The molecule has 6 rings (SSSR count). The van der Waals surface area contributed by atoms with E-state index in [2.05, 4.69) is 27.8 Å². The Balaban J connectivity index is 1.82. The van der Waals surface area contributed by atoms with Gasteiger partial charge in [0.2, 0.25) is 5.91 Å². The fourth-order valence-corrected chi connectivity index (χ4v) is 8.30. The monoisotopic (exact) mass is 715 g/mol. The van der Waals surface area contributed by atoms with Crippen molar-refractivity contribution in [2.24, 2.45) is 0 Å². The number of aryl methyl sites for hydroxylation is 2. The number of halogens is 2. The summed E-state index contributed by atoms with van der Waals surface area (Å²) in [4.78, 5) is 34.8. The molecule has 0 saturated carbocycles. The number of aromatic nitrogens is 4. The van der Waals surface area contributed by atoms with E-state index < -0.39 is 32.2 Å². The van der Waals surface area contributed by atoms with E-state index in [1.54, 1.807) is 30.3 Å². The molecule has 1 fully saturated rings. The molecule has 5 aromatic rings. The number of H-pyrrole nitrogens is 1. The topological polar surface area (TPSA) is 145 Å². The van der Waals surface area contributed by atoms with E-state index in [0.29, 0.717) is 33.3 Å². The van der Waals surface area contributed by atoms with Crippen molar-refractivity contribution >= 4 is 54.8 Å². The molecule has 50 heavy (non-hydrogen) atoms. The minimum absolute atomic E-state index is 0.00813. The number of benzene rings is 2. The van der Waals surface area contributed by atoms with Gasteiger partial charge in [-0.2, -0.15) is 10.4 Å². The number of piperazine rings is 1. The Morgan fingerprint density at radius 1 is 1.18 bits per heavy atom. The highest BCUT2D eigenvalue weighted by Crippen LogP contribution is 2.45. The Morgan fingerprint density at radius 3 is 2.58 bits per heavy atom. The van der Waals surface area contributed by atoms with Crippen LogP contribution in [0, 0.1) is 31.0 Å². The first-order valence-electron chi connectivity index (χ1n) is 16.0. The van der Waals surface area contributed by atoms with Gasteiger partial charge < -0.3 is 9.80 Å². The van der Waals surface area contributed by atoms with E-state index in [9.17, 15) is 23.3 Å². The molecular weight excluding hydrogens is 681 g/mol. The highest BCUT2D eigenvalue weighted by molar-refractivity contribution is 7.90. The number of aromatic amines is 1. The zero-order valence-corrected chi connectivity index (χ0v) is 29.8. The number of hydrogen-bond acceptors (Lipinski definition) is 8. The van der Waals surface area contributed by atoms with Gasteiger partial charge >= 0.3 is 0 Å². The van der Waals surface area contributed by atoms with Crippen LogP contribution >= 0.6 is 11.6 Å². The van der Waals surface area contributed by atoms with Crippen molar-refractivity contribution in [3.05, 3.63) is 87.3 Å². The Bertz CT molecular complexity index is 2450. The highest BCUT2D eigenvalue weighted by Gasteiger charge is 2.37. The van der Waals surface area contributed by atoms with Crippen molar-refractivity contribution in [3.63, 3.8) is 0 Å². The van der Waals surface area contributed by atoms with E-state index in [-0.39, 0.29) is 70.7 Å². The molecule has 2 aromatic carbocycles. The van der Waals surface area contributed by atoms with Gasteiger partial charge in [0.15, 0.2) is 20.5 Å². The van der Waals surface area contributed by atoms with Crippen LogP contribution in [0.15, 0.2) is 59.0 Å². The van der Waals surface area contributed by atoms with E-state index in [4.69, 9.17) is 11.6 Å². The van der Waals surface area contributed by atoms with Crippen LogP contribution in [0.25, 0.3) is 38.6 Å². The van der Waals surface area contributed by atoms with Gasteiger partial charge in [-0.15, -0.1) is 0 Å². The molecule has 0 bridgehead atoms. The smallest absolute Gasteiger partial charge is 0.276 e. The number of anilines is 1. The number of hydrogen-bond donors (Lipinski definition) is 1. The molecule has 11 nitrogen and oxygen atoms in total. The fraction of sp³-hybridized carbons (Fsp3) is 0.306. The molecule has 1 aliphatic heterocycles. The number of carbonyl (C=O) groups excluding carboxylic acids is 1. The van der Waals surface area contributed by atoms with Crippen LogP contribution in [0.3, 0.4) is 0 Å². The van der Waals surface area contributed by atoms with E-state index >= 15 is 4.39 Å². The van der Waals surface area contributed by atoms with Crippen molar-refractivity contribution in [3.8, 4) is 22.9 Å². The normalized spacial score (nSPS) is 15.2. The molecule has 3 aromatic heterocycles. The van der Waals surface area contributed by atoms with Crippen molar-refractivity contribution in [1.29, 1.82) is 5.26 Å². The lowest BCUT2D eigenvalue weighted by atomic mass is 9.94. The number of rotatable bonds is 7. The lowest BCUT2D eigenvalue weighted by Gasteiger charge is -2.42. The Hall–Kier alpha value is -5.06. The molecule has 4 heterocycles. The summed E-state index contributed by atoms with van der Waals surface area (Å²) in [5, 5.41) is 17.4. The van der Waals surface area contributed by atoms with Gasteiger partial charge in [0.05, 0.1) is 57.9 Å². The first-order chi connectivity index (χ1) is 23.7. The molecule has 1 amide bonds. The number of nitriles is 1. The lowest BCUT2D eigenvalue weighted by molar-refractivity contribution is -0.128. The first-order valence-corrected chi connectivity index (χ1v) is 18.2. The second kappa shape index (κ2) is 13.0. The molecule has 14 heteroatoms. The van der Waals surface area contributed by atoms with Crippen LogP contribution < -0.4 is 10.5 Å². The van der Waals surface area contributed by atoms with Crippen molar-refractivity contribution in [1.82, 2.24) is 24.6 Å². The van der Waals surface area contributed by atoms with Crippen LogP contribution in [0.1, 0.15) is 43.0 Å². The van der Waals surface area contributed by atoms with Gasteiger partial charge in [-0.1, -0.05) is 38.1 Å². The van der Waals surface area contributed by atoms with Crippen molar-refractivity contribution in [2.75, 3.05) is 30.8 Å². The Morgan fingerprint density at radius 2 is 1.92 bits per heavy atom. The number of sulfone groups is 1. The zero-order chi connectivity index (χ0) is 36.2. The summed E-state index contributed by atoms with van der Waals surface area (Å²) in [6.45, 7) is 11.1. The molecule has 1 saturated heterocycles. The van der Waals surface area contributed by atoms with Gasteiger partial charge in [-0.3, -0.25) is 24.2 Å². The van der Waals surface area contributed by atoms with Crippen molar-refractivity contribution in [2.45, 2.75) is 51.0 Å². The van der Waals surface area contributed by atoms with Gasteiger partial charge in [-0.05, 0) is 55.2 Å². The summed E-state index contributed by atoms with van der Waals surface area (Å²) in [7, 11) is -4.30. The second-order valence-electron chi connectivity index (χ2n) is 12.8. The van der Waals surface area contributed by atoms with Gasteiger partial charge in [0.1, 0.15) is 0 Å². The second-order valence-corrected chi connectivity index (χ2v) is 15.2. The Labute approximate surface area is 293 Å². The summed E-state index contributed by atoms with van der Waals surface area (Å²) in [6.07, 6.45) is 5.18. The van der Waals surface area contributed by atoms with Crippen LogP contribution in [-0.4, -0.2) is 70.9 Å². The highest BCUT2D eigenvalue weighted by atomic mass is 35.5. The summed E-state index contributed by atoms with van der Waals surface area (Å²) < 4.78 is 46.5. The maximum Gasteiger partial charge on any atom is 0.276 e. The summed E-state index contributed by atoms with van der Waals surface area (Å²) >= 11 is 7.03. The molecule has 0 unspecified atom stereocenters. The third kappa shape index (κ3) is 5.62. The van der Waals surface area contributed by atoms with E-state index in [0.717, 1.165) is 16.9 Å². The van der Waals surface area contributed by atoms with E-state index in [1.165, 1.54) is 11.0 Å². The van der Waals surface area contributed by atoms with Gasteiger partial charge in [0.25, 0.3) is 5.56 Å². The maximum atomic E-state index is 17.8. The number of fused-ring (bicyclic) bond motifs is 2. The standard InChI is InChI=1S/C36H35ClFN7O4S/c1-7-27(46)44-15-14-43(18-22(44)10-12-39)34-23-16-25(37)29(28-20(4)8-9-26-24(28)17-41-42-26)30(38)33(23)45(36(47)35(34)50(6,48)49)32-21(5)11-13-40-31(32)19(2)3/h7-9,11,13,16-17,19,22H,1,10,14-15,18H2,2-6H3,(H,41,42)/t22-/m0/s1. The molecule has 1 atom stereocenters. The van der Waals surface area contributed by atoms with Crippen LogP contribution in [0.5, 0.6) is 0 Å².